The van der Waals surface area contributed by atoms with E-state index in [0.29, 0.717) is 12.8 Å². The first kappa shape index (κ1) is 19.4. The molecule has 8 nitrogen and oxygen atoms in total. The van der Waals surface area contributed by atoms with Gasteiger partial charge in [-0.2, -0.15) is 0 Å². The Morgan fingerprint density at radius 3 is 1.50 bits per heavy atom. The predicted molar refractivity (Wildman–Crippen MR) is 87.4 cm³/mol. The van der Waals surface area contributed by atoms with Gasteiger partial charge in [-0.3, -0.25) is 9.59 Å². The molecule has 0 spiro atoms. The van der Waals surface area contributed by atoms with E-state index in [4.69, 9.17) is 18.9 Å². The van der Waals surface area contributed by atoms with Gasteiger partial charge in [0, 0.05) is 12.8 Å². The number of cyclic esters (lactones) is 4. The van der Waals surface area contributed by atoms with E-state index in [1.54, 1.807) is 0 Å². The first-order chi connectivity index (χ1) is 12.6. The smallest absolute Gasteiger partial charge is 0.338 e. The van der Waals surface area contributed by atoms with E-state index in [1.165, 1.54) is 24.3 Å². The van der Waals surface area contributed by atoms with E-state index in [1.807, 2.05) is 0 Å². The normalized spacial score (nSPS) is 18.3. The zero-order chi connectivity index (χ0) is 18.8. The maximum absolute atomic E-state index is 12.0. The van der Waals surface area contributed by atoms with Crippen molar-refractivity contribution in [2.45, 2.75) is 25.7 Å². The first-order valence-electron chi connectivity index (χ1n) is 8.32. The summed E-state index contributed by atoms with van der Waals surface area (Å²) in [6.45, 7) is -0.306. The van der Waals surface area contributed by atoms with Crippen molar-refractivity contribution < 1.29 is 38.1 Å². The maximum Gasteiger partial charge on any atom is 0.338 e. The Kier molecular flexibility index (Phi) is 7.60. The van der Waals surface area contributed by atoms with Gasteiger partial charge in [0.25, 0.3) is 0 Å². The summed E-state index contributed by atoms with van der Waals surface area (Å²) in [5.74, 6) is -2.12. The summed E-state index contributed by atoms with van der Waals surface area (Å²) in [4.78, 5) is 47.0. The lowest BCUT2D eigenvalue weighted by Crippen LogP contribution is -2.15. The molecule has 2 rings (SSSR count). The monoisotopic (exact) mass is 364 g/mol. The summed E-state index contributed by atoms with van der Waals surface area (Å²) >= 11 is 0. The third-order valence-electron chi connectivity index (χ3n) is 3.50. The van der Waals surface area contributed by atoms with Gasteiger partial charge < -0.3 is 18.9 Å². The zero-order valence-electron chi connectivity index (χ0n) is 14.2. The minimum atomic E-state index is -0.637. The van der Waals surface area contributed by atoms with Crippen molar-refractivity contribution in [3.8, 4) is 0 Å². The molecule has 0 saturated heterocycles. The molecule has 1 aliphatic rings. The fourth-order valence-electron chi connectivity index (χ4n) is 2.20. The van der Waals surface area contributed by atoms with Crippen molar-refractivity contribution in [1.29, 1.82) is 0 Å². The van der Waals surface area contributed by atoms with Gasteiger partial charge in [-0.1, -0.05) is 6.07 Å². The highest BCUT2D eigenvalue weighted by Gasteiger charge is 2.14. The Morgan fingerprint density at radius 1 is 0.615 bits per heavy atom. The van der Waals surface area contributed by atoms with Gasteiger partial charge >= 0.3 is 23.9 Å². The van der Waals surface area contributed by atoms with Gasteiger partial charge in [0.05, 0.1) is 11.1 Å². The summed E-state index contributed by atoms with van der Waals surface area (Å²) in [6.07, 6.45) is 1.30. The SMILES string of the molecule is O=C1CCCCC(=O)OCCOC(=O)c2cccc(c2)C(=O)OCCO1. The average Bonchev–Trinajstić information content (AvgIpc) is 2.65. The highest BCUT2D eigenvalue weighted by atomic mass is 16.6. The second kappa shape index (κ2) is 10.2. The summed E-state index contributed by atoms with van der Waals surface area (Å²) in [5.41, 5.74) is 0.352. The fourth-order valence-corrected chi connectivity index (χ4v) is 2.20. The molecule has 0 amide bonds. The van der Waals surface area contributed by atoms with Crippen LogP contribution in [0.25, 0.3) is 0 Å². The number of hydrogen-bond donors (Lipinski definition) is 0. The van der Waals surface area contributed by atoms with Gasteiger partial charge in [-0.05, 0) is 31.0 Å². The van der Waals surface area contributed by atoms with Crippen LogP contribution in [-0.4, -0.2) is 50.3 Å². The molecule has 1 aromatic rings. The summed E-state index contributed by atoms with van der Waals surface area (Å²) < 4.78 is 19.9. The summed E-state index contributed by atoms with van der Waals surface area (Å²) in [7, 11) is 0. The van der Waals surface area contributed by atoms with Crippen molar-refractivity contribution >= 4 is 23.9 Å². The van der Waals surface area contributed by atoms with Gasteiger partial charge in [0.15, 0.2) is 0 Å². The van der Waals surface area contributed by atoms with Crippen LogP contribution in [-0.2, 0) is 28.5 Å². The topological polar surface area (TPSA) is 105 Å². The van der Waals surface area contributed by atoms with E-state index in [0.717, 1.165) is 0 Å². The summed E-state index contributed by atoms with van der Waals surface area (Å²) in [5, 5.41) is 0. The van der Waals surface area contributed by atoms with Crippen molar-refractivity contribution in [3.63, 3.8) is 0 Å². The highest BCUT2D eigenvalue weighted by molar-refractivity contribution is 5.95. The number of fused-ring (bicyclic) bond motifs is 2. The Morgan fingerprint density at radius 2 is 1.04 bits per heavy atom. The van der Waals surface area contributed by atoms with Crippen LogP contribution in [0.1, 0.15) is 46.4 Å². The molecule has 0 fully saturated rings. The molecule has 1 heterocycles. The van der Waals surface area contributed by atoms with E-state index in [2.05, 4.69) is 0 Å². The number of carbonyl (C=O) groups is 4. The predicted octanol–water partition coefficient (Wildman–Crippen LogP) is 1.66. The number of rotatable bonds is 0. The van der Waals surface area contributed by atoms with Crippen molar-refractivity contribution in [2.24, 2.45) is 0 Å². The molecule has 1 aliphatic heterocycles. The van der Waals surface area contributed by atoms with Gasteiger partial charge in [-0.15, -0.1) is 0 Å². The molecule has 140 valence electrons. The second-order valence-corrected chi connectivity index (χ2v) is 5.50. The molecule has 0 N–H and O–H groups in total. The van der Waals surface area contributed by atoms with Crippen LogP contribution in [0.2, 0.25) is 0 Å². The van der Waals surface area contributed by atoms with Gasteiger partial charge in [-0.25, -0.2) is 9.59 Å². The highest BCUT2D eigenvalue weighted by Crippen LogP contribution is 2.09. The Labute approximate surface area is 150 Å². The molecular weight excluding hydrogens is 344 g/mol. The van der Waals surface area contributed by atoms with Crippen LogP contribution in [0.5, 0.6) is 0 Å². The quantitative estimate of drug-likeness (QED) is 0.505. The van der Waals surface area contributed by atoms with Crippen LogP contribution >= 0.6 is 0 Å². The van der Waals surface area contributed by atoms with E-state index < -0.39 is 23.9 Å². The number of carbonyl (C=O) groups excluding carboxylic acids is 4. The molecule has 2 bridgehead atoms. The first-order valence-corrected chi connectivity index (χ1v) is 8.32. The molecule has 0 unspecified atom stereocenters. The molecule has 1 aromatic carbocycles. The lowest BCUT2D eigenvalue weighted by molar-refractivity contribution is -0.146. The molecule has 0 aromatic heterocycles. The van der Waals surface area contributed by atoms with Crippen LogP contribution < -0.4 is 0 Å². The lowest BCUT2D eigenvalue weighted by Gasteiger charge is -2.08. The van der Waals surface area contributed by atoms with Crippen molar-refractivity contribution in [1.82, 2.24) is 0 Å². The molecule has 0 saturated carbocycles. The average molecular weight is 364 g/mol. The minimum Gasteiger partial charge on any atom is -0.462 e. The lowest BCUT2D eigenvalue weighted by atomic mass is 10.1. The Balaban J connectivity index is 2.00. The maximum atomic E-state index is 12.0. The number of benzene rings is 1. The standard InChI is InChI=1S/C18H20O8/c19-15-6-1-2-7-16(20)24-9-11-26-18(22)14-5-3-4-13(12-14)17(21)25-10-8-23-15/h3-5,12H,1-2,6-11H2. The third kappa shape index (κ3) is 6.54. The molecule has 26 heavy (non-hydrogen) atoms. The van der Waals surface area contributed by atoms with E-state index in [9.17, 15) is 19.2 Å². The Hall–Kier alpha value is -2.90. The number of esters is 4. The van der Waals surface area contributed by atoms with Crippen LogP contribution in [0.15, 0.2) is 24.3 Å². The summed E-state index contributed by atoms with van der Waals surface area (Å²) in [6, 6.07) is 5.86. The minimum absolute atomic E-state index is 0.0612. The zero-order valence-corrected chi connectivity index (χ0v) is 14.2. The second-order valence-electron chi connectivity index (χ2n) is 5.50. The third-order valence-corrected chi connectivity index (χ3v) is 3.50. The molecule has 8 heteroatoms. The van der Waals surface area contributed by atoms with Crippen LogP contribution in [0.4, 0.5) is 0 Å². The molecule has 0 radical (unpaired) electrons. The van der Waals surface area contributed by atoms with Gasteiger partial charge in [0.1, 0.15) is 26.4 Å². The fraction of sp³-hybridized carbons (Fsp3) is 0.444. The van der Waals surface area contributed by atoms with E-state index in [-0.39, 0.29) is 50.4 Å². The number of ether oxygens (including phenoxy) is 4. The largest absolute Gasteiger partial charge is 0.462 e. The Bertz CT molecular complexity index is 614. The van der Waals surface area contributed by atoms with Crippen molar-refractivity contribution in [3.05, 3.63) is 35.4 Å². The molecule has 0 aliphatic carbocycles. The van der Waals surface area contributed by atoms with Crippen molar-refractivity contribution in [2.75, 3.05) is 26.4 Å². The molecular formula is C18H20O8. The van der Waals surface area contributed by atoms with Crippen LogP contribution in [0, 0.1) is 0 Å². The van der Waals surface area contributed by atoms with Gasteiger partial charge in [0.2, 0.25) is 0 Å². The van der Waals surface area contributed by atoms with Crippen LogP contribution in [0.3, 0.4) is 0 Å². The molecule has 0 atom stereocenters. The van der Waals surface area contributed by atoms with E-state index >= 15 is 0 Å². The number of hydrogen-bond acceptors (Lipinski definition) is 8.